The molecule has 0 aliphatic carbocycles. The molecule has 0 saturated carbocycles. The average molecular weight is 177 g/mol. The fourth-order valence-electron chi connectivity index (χ4n) is 0.964. The third-order valence-electron chi connectivity index (χ3n) is 1.59. The Morgan fingerprint density at radius 2 is 2.31 bits per heavy atom. The van der Waals surface area contributed by atoms with Crippen LogP contribution in [0.25, 0.3) is 0 Å². The SMILES string of the molecule is C#Cc1cn(C)nc1C(=O)N(C)C. The van der Waals surface area contributed by atoms with Crippen LogP contribution in [-0.2, 0) is 7.05 Å². The molecule has 0 N–H and O–H groups in total. The van der Waals surface area contributed by atoms with Crippen LogP contribution in [0.1, 0.15) is 16.1 Å². The Labute approximate surface area is 77.1 Å². The van der Waals surface area contributed by atoms with Crippen molar-refractivity contribution in [1.82, 2.24) is 14.7 Å². The molecule has 68 valence electrons. The monoisotopic (exact) mass is 177 g/mol. The van der Waals surface area contributed by atoms with E-state index in [4.69, 9.17) is 6.42 Å². The van der Waals surface area contributed by atoms with E-state index in [2.05, 4.69) is 11.0 Å². The van der Waals surface area contributed by atoms with E-state index in [1.165, 1.54) is 9.58 Å². The van der Waals surface area contributed by atoms with Gasteiger partial charge in [-0.25, -0.2) is 0 Å². The van der Waals surface area contributed by atoms with Gasteiger partial charge in [-0.2, -0.15) is 5.10 Å². The van der Waals surface area contributed by atoms with Gasteiger partial charge in [-0.3, -0.25) is 9.48 Å². The van der Waals surface area contributed by atoms with Crippen LogP contribution in [0, 0.1) is 12.3 Å². The Morgan fingerprint density at radius 3 is 2.77 bits per heavy atom. The van der Waals surface area contributed by atoms with Crippen molar-refractivity contribution in [3.05, 3.63) is 17.5 Å². The maximum Gasteiger partial charge on any atom is 0.275 e. The van der Waals surface area contributed by atoms with Gasteiger partial charge in [-0.1, -0.05) is 5.92 Å². The summed E-state index contributed by atoms with van der Waals surface area (Å²) in [4.78, 5) is 12.9. The number of amides is 1. The van der Waals surface area contributed by atoms with Crippen molar-refractivity contribution in [3.63, 3.8) is 0 Å². The summed E-state index contributed by atoms with van der Waals surface area (Å²) in [6, 6.07) is 0. The molecule has 0 aromatic carbocycles. The zero-order chi connectivity index (χ0) is 10.0. The van der Waals surface area contributed by atoms with Crippen molar-refractivity contribution in [2.75, 3.05) is 14.1 Å². The van der Waals surface area contributed by atoms with E-state index >= 15 is 0 Å². The van der Waals surface area contributed by atoms with Crippen LogP contribution in [0.4, 0.5) is 0 Å². The largest absolute Gasteiger partial charge is 0.343 e. The zero-order valence-corrected chi connectivity index (χ0v) is 7.90. The molecule has 0 fully saturated rings. The molecule has 0 atom stereocenters. The second kappa shape index (κ2) is 3.31. The van der Waals surface area contributed by atoms with E-state index in [-0.39, 0.29) is 5.91 Å². The summed E-state index contributed by atoms with van der Waals surface area (Å²) < 4.78 is 1.53. The van der Waals surface area contributed by atoms with Crippen molar-refractivity contribution < 1.29 is 4.79 Å². The fraction of sp³-hybridized carbons (Fsp3) is 0.333. The predicted molar refractivity (Wildman–Crippen MR) is 49.2 cm³/mol. The summed E-state index contributed by atoms with van der Waals surface area (Å²) in [5.74, 6) is 2.25. The topological polar surface area (TPSA) is 38.1 Å². The lowest BCUT2D eigenvalue weighted by atomic mass is 10.2. The lowest BCUT2D eigenvalue weighted by Gasteiger charge is -2.07. The van der Waals surface area contributed by atoms with Gasteiger partial charge in [0.15, 0.2) is 5.69 Å². The Hall–Kier alpha value is -1.76. The lowest BCUT2D eigenvalue weighted by molar-refractivity contribution is 0.0821. The first-order chi connectivity index (χ1) is 6.06. The summed E-state index contributed by atoms with van der Waals surface area (Å²) in [7, 11) is 5.06. The molecule has 0 bridgehead atoms. The van der Waals surface area contributed by atoms with Gasteiger partial charge < -0.3 is 4.90 Å². The van der Waals surface area contributed by atoms with Gasteiger partial charge in [0.1, 0.15) is 0 Å². The Morgan fingerprint density at radius 1 is 1.69 bits per heavy atom. The smallest absolute Gasteiger partial charge is 0.275 e. The number of hydrogen-bond donors (Lipinski definition) is 0. The minimum atomic E-state index is -0.173. The number of nitrogens with zero attached hydrogens (tertiary/aromatic N) is 3. The van der Waals surface area contributed by atoms with Crippen LogP contribution in [0.3, 0.4) is 0 Å². The van der Waals surface area contributed by atoms with Crippen LogP contribution >= 0.6 is 0 Å². The molecule has 0 unspecified atom stereocenters. The van der Waals surface area contributed by atoms with Crippen molar-refractivity contribution in [3.8, 4) is 12.3 Å². The average Bonchev–Trinajstić information content (AvgIpc) is 2.45. The van der Waals surface area contributed by atoms with E-state index in [9.17, 15) is 4.79 Å². The highest BCUT2D eigenvalue weighted by Gasteiger charge is 2.15. The molecular formula is C9H11N3O. The predicted octanol–water partition coefficient (Wildman–Crippen LogP) is 0.103. The molecule has 4 nitrogen and oxygen atoms in total. The third kappa shape index (κ3) is 1.70. The maximum atomic E-state index is 11.5. The van der Waals surface area contributed by atoms with Crippen molar-refractivity contribution in [1.29, 1.82) is 0 Å². The standard InChI is InChI=1S/C9H11N3O/c1-5-7-6-12(4)10-8(7)9(13)11(2)3/h1,6H,2-4H3. The molecule has 1 heterocycles. The van der Waals surface area contributed by atoms with Gasteiger partial charge in [0, 0.05) is 27.3 Å². The normalized spacial score (nSPS) is 9.38. The van der Waals surface area contributed by atoms with E-state index in [0.717, 1.165) is 0 Å². The van der Waals surface area contributed by atoms with E-state index in [1.807, 2.05) is 0 Å². The first-order valence-corrected chi connectivity index (χ1v) is 3.78. The first-order valence-electron chi connectivity index (χ1n) is 3.78. The molecule has 1 amide bonds. The Kier molecular flexibility index (Phi) is 2.38. The highest BCUT2D eigenvalue weighted by atomic mass is 16.2. The Balaban J connectivity index is 3.15. The molecule has 0 saturated heterocycles. The van der Waals surface area contributed by atoms with Gasteiger partial charge in [0.05, 0.1) is 5.56 Å². The molecule has 0 radical (unpaired) electrons. The summed E-state index contributed by atoms with van der Waals surface area (Å²) in [5, 5.41) is 3.99. The van der Waals surface area contributed by atoms with E-state index in [1.54, 1.807) is 27.3 Å². The van der Waals surface area contributed by atoms with Gasteiger partial charge in [-0.15, -0.1) is 6.42 Å². The summed E-state index contributed by atoms with van der Waals surface area (Å²) in [6.45, 7) is 0. The lowest BCUT2D eigenvalue weighted by Crippen LogP contribution is -2.23. The van der Waals surface area contributed by atoms with Crippen LogP contribution in [-0.4, -0.2) is 34.7 Å². The Bertz CT molecular complexity index is 371. The number of terminal acetylenes is 1. The van der Waals surface area contributed by atoms with Crippen molar-refractivity contribution in [2.45, 2.75) is 0 Å². The quantitative estimate of drug-likeness (QED) is 0.571. The molecule has 0 aliphatic rings. The number of rotatable bonds is 1. The highest BCUT2D eigenvalue weighted by Crippen LogP contribution is 2.06. The molecule has 1 aromatic heterocycles. The van der Waals surface area contributed by atoms with Gasteiger partial charge in [-0.05, 0) is 0 Å². The fourth-order valence-corrected chi connectivity index (χ4v) is 0.964. The molecular weight excluding hydrogens is 166 g/mol. The third-order valence-corrected chi connectivity index (χ3v) is 1.59. The number of carbonyl (C=O) groups excluding carboxylic acids is 1. The van der Waals surface area contributed by atoms with Gasteiger partial charge in [0.2, 0.25) is 0 Å². The molecule has 4 heteroatoms. The van der Waals surface area contributed by atoms with E-state index < -0.39 is 0 Å². The van der Waals surface area contributed by atoms with E-state index in [0.29, 0.717) is 11.3 Å². The molecule has 0 aliphatic heterocycles. The molecule has 1 rings (SSSR count). The zero-order valence-electron chi connectivity index (χ0n) is 7.90. The van der Waals surface area contributed by atoms with Crippen molar-refractivity contribution >= 4 is 5.91 Å². The summed E-state index contributed by atoms with van der Waals surface area (Å²) in [6.07, 6.45) is 6.88. The van der Waals surface area contributed by atoms with Crippen LogP contribution in [0.5, 0.6) is 0 Å². The number of hydrogen-bond acceptors (Lipinski definition) is 2. The minimum Gasteiger partial charge on any atom is -0.343 e. The second-order valence-electron chi connectivity index (χ2n) is 2.91. The highest BCUT2D eigenvalue weighted by molar-refractivity contribution is 5.94. The molecule has 0 spiro atoms. The number of carbonyl (C=O) groups is 1. The van der Waals surface area contributed by atoms with Crippen LogP contribution < -0.4 is 0 Å². The minimum absolute atomic E-state index is 0.173. The van der Waals surface area contributed by atoms with Gasteiger partial charge >= 0.3 is 0 Å². The van der Waals surface area contributed by atoms with Gasteiger partial charge in [0.25, 0.3) is 5.91 Å². The maximum absolute atomic E-state index is 11.5. The summed E-state index contributed by atoms with van der Waals surface area (Å²) in [5.41, 5.74) is 0.858. The van der Waals surface area contributed by atoms with Crippen LogP contribution in [0.2, 0.25) is 0 Å². The van der Waals surface area contributed by atoms with Crippen LogP contribution in [0.15, 0.2) is 6.20 Å². The first kappa shape index (κ1) is 9.33. The molecule has 1 aromatic rings. The second-order valence-corrected chi connectivity index (χ2v) is 2.91. The number of aromatic nitrogens is 2. The summed E-state index contributed by atoms with van der Waals surface area (Å²) >= 11 is 0. The van der Waals surface area contributed by atoms with Crippen molar-refractivity contribution in [2.24, 2.45) is 7.05 Å². The molecule has 13 heavy (non-hydrogen) atoms. The number of aryl methyl sites for hydroxylation is 1.